The van der Waals surface area contributed by atoms with Crippen molar-refractivity contribution >= 4 is 23.2 Å². The van der Waals surface area contributed by atoms with Crippen LogP contribution in [0.4, 0.5) is 5.69 Å². The number of carbonyl (C=O) groups excluding carboxylic acids is 1. The summed E-state index contributed by atoms with van der Waals surface area (Å²) in [4.78, 5) is 16.3. The lowest BCUT2D eigenvalue weighted by Gasteiger charge is -2.11. The lowest BCUT2D eigenvalue weighted by molar-refractivity contribution is 0.102. The first-order valence-electron chi connectivity index (χ1n) is 5.98. The number of aromatic nitrogens is 1. The predicted octanol–water partition coefficient (Wildman–Crippen LogP) is 3.91. The van der Waals surface area contributed by atoms with Crippen LogP contribution >= 0.6 is 11.6 Å². The predicted molar refractivity (Wildman–Crippen MR) is 77.9 cm³/mol. The summed E-state index contributed by atoms with van der Waals surface area (Å²) < 4.78 is 0. The Balaban J connectivity index is 2.28. The number of aryl methyl sites for hydroxylation is 2. The second-order valence-corrected chi connectivity index (χ2v) is 4.91. The van der Waals surface area contributed by atoms with E-state index in [1.807, 2.05) is 39.0 Å². The standard InChI is InChI=1S/C15H15ClN2O/c1-9-5-4-6-14(11(9)3)18-15(19)12-8-17-10(2)7-13(12)16/h4-8H,1-3H3,(H,18,19). The number of anilines is 1. The second-order valence-electron chi connectivity index (χ2n) is 4.51. The molecule has 0 radical (unpaired) electrons. The molecule has 0 aliphatic rings. The molecule has 0 fully saturated rings. The van der Waals surface area contributed by atoms with Gasteiger partial charge in [0.25, 0.3) is 5.91 Å². The molecule has 98 valence electrons. The average Bonchev–Trinajstić information content (AvgIpc) is 2.34. The highest BCUT2D eigenvalue weighted by molar-refractivity contribution is 6.34. The van der Waals surface area contributed by atoms with Crippen LogP contribution in [-0.4, -0.2) is 10.9 Å². The fourth-order valence-electron chi connectivity index (χ4n) is 1.77. The first-order valence-corrected chi connectivity index (χ1v) is 6.36. The molecule has 0 bridgehead atoms. The van der Waals surface area contributed by atoms with Crippen LogP contribution in [0, 0.1) is 20.8 Å². The Morgan fingerprint density at radius 1 is 1.26 bits per heavy atom. The lowest BCUT2D eigenvalue weighted by atomic mass is 10.1. The molecule has 0 aliphatic heterocycles. The van der Waals surface area contributed by atoms with Crippen LogP contribution in [0.25, 0.3) is 0 Å². The van der Waals surface area contributed by atoms with Crippen LogP contribution in [0.2, 0.25) is 5.02 Å². The average molecular weight is 275 g/mol. The minimum absolute atomic E-state index is 0.244. The topological polar surface area (TPSA) is 42.0 Å². The quantitative estimate of drug-likeness (QED) is 0.902. The van der Waals surface area contributed by atoms with E-state index in [0.29, 0.717) is 10.6 Å². The number of nitrogens with one attached hydrogen (secondary N) is 1. The highest BCUT2D eigenvalue weighted by atomic mass is 35.5. The zero-order valence-corrected chi connectivity index (χ0v) is 11.9. The van der Waals surface area contributed by atoms with Gasteiger partial charge in [0.15, 0.2) is 0 Å². The van der Waals surface area contributed by atoms with Crippen molar-refractivity contribution in [1.82, 2.24) is 4.98 Å². The number of hydrogen-bond donors (Lipinski definition) is 1. The number of benzene rings is 1. The van der Waals surface area contributed by atoms with Crippen molar-refractivity contribution in [3.8, 4) is 0 Å². The van der Waals surface area contributed by atoms with Gasteiger partial charge in [-0.1, -0.05) is 23.7 Å². The maximum Gasteiger partial charge on any atom is 0.258 e. The third-order valence-corrected chi connectivity index (χ3v) is 3.40. The molecule has 1 heterocycles. The second kappa shape index (κ2) is 5.41. The van der Waals surface area contributed by atoms with Gasteiger partial charge in [-0.15, -0.1) is 0 Å². The van der Waals surface area contributed by atoms with E-state index < -0.39 is 0 Å². The molecule has 1 N–H and O–H groups in total. The molecule has 0 spiro atoms. The van der Waals surface area contributed by atoms with Crippen molar-refractivity contribution in [2.45, 2.75) is 20.8 Å². The van der Waals surface area contributed by atoms with Crippen molar-refractivity contribution < 1.29 is 4.79 Å². The van der Waals surface area contributed by atoms with Gasteiger partial charge in [0.1, 0.15) is 0 Å². The number of rotatable bonds is 2. The molecule has 0 saturated carbocycles. The highest BCUT2D eigenvalue weighted by Gasteiger charge is 2.12. The smallest absolute Gasteiger partial charge is 0.258 e. The fraction of sp³-hybridized carbons (Fsp3) is 0.200. The molecule has 1 aromatic heterocycles. The van der Waals surface area contributed by atoms with Gasteiger partial charge in [-0.2, -0.15) is 0 Å². The summed E-state index contributed by atoms with van der Waals surface area (Å²) in [5.74, 6) is -0.244. The van der Waals surface area contributed by atoms with Crippen molar-refractivity contribution in [2.75, 3.05) is 5.32 Å². The minimum Gasteiger partial charge on any atom is -0.322 e. The van der Waals surface area contributed by atoms with Crippen molar-refractivity contribution in [3.63, 3.8) is 0 Å². The molecule has 0 aliphatic carbocycles. The van der Waals surface area contributed by atoms with Gasteiger partial charge in [-0.25, -0.2) is 0 Å². The van der Waals surface area contributed by atoms with E-state index in [1.54, 1.807) is 6.07 Å². The zero-order valence-electron chi connectivity index (χ0n) is 11.1. The van der Waals surface area contributed by atoms with E-state index >= 15 is 0 Å². The van der Waals surface area contributed by atoms with Crippen molar-refractivity contribution in [3.05, 3.63) is 57.9 Å². The Bertz CT molecular complexity index is 638. The summed E-state index contributed by atoms with van der Waals surface area (Å²) in [5, 5.41) is 3.28. The van der Waals surface area contributed by atoms with Crippen LogP contribution in [0.3, 0.4) is 0 Å². The SMILES string of the molecule is Cc1cc(Cl)c(C(=O)Nc2cccc(C)c2C)cn1. The largest absolute Gasteiger partial charge is 0.322 e. The molecule has 19 heavy (non-hydrogen) atoms. The molecular weight excluding hydrogens is 260 g/mol. The van der Waals surface area contributed by atoms with Crippen LogP contribution in [0.1, 0.15) is 27.2 Å². The molecule has 3 nitrogen and oxygen atoms in total. The Labute approximate surface area is 117 Å². The molecule has 1 amide bonds. The first-order chi connectivity index (χ1) is 8.99. The fourth-order valence-corrected chi connectivity index (χ4v) is 2.06. The Kier molecular flexibility index (Phi) is 3.86. The van der Waals surface area contributed by atoms with Gasteiger partial charge in [-0.3, -0.25) is 9.78 Å². The summed E-state index contributed by atoms with van der Waals surface area (Å²) in [6.45, 7) is 5.81. The van der Waals surface area contributed by atoms with Gasteiger partial charge in [0.2, 0.25) is 0 Å². The zero-order chi connectivity index (χ0) is 14.0. The molecule has 2 rings (SSSR count). The van der Waals surface area contributed by atoms with Gasteiger partial charge in [0.05, 0.1) is 10.6 Å². The van der Waals surface area contributed by atoms with Gasteiger partial charge in [0, 0.05) is 17.6 Å². The summed E-state index contributed by atoms with van der Waals surface area (Å²) in [6, 6.07) is 7.47. The molecule has 0 atom stereocenters. The monoisotopic (exact) mass is 274 g/mol. The molecule has 0 saturated heterocycles. The summed E-state index contributed by atoms with van der Waals surface area (Å²) in [6.07, 6.45) is 1.50. The van der Waals surface area contributed by atoms with E-state index in [2.05, 4.69) is 10.3 Å². The van der Waals surface area contributed by atoms with Crippen LogP contribution < -0.4 is 5.32 Å². The van der Waals surface area contributed by atoms with E-state index in [4.69, 9.17) is 11.6 Å². The number of carbonyl (C=O) groups is 1. The van der Waals surface area contributed by atoms with Crippen molar-refractivity contribution in [1.29, 1.82) is 0 Å². The summed E-state index contributed by atoms with van der Waals surface area (Å²) >= 11 is 6.06. The molecule has 4 heteroatoms. The lowest BCUT2D eigenvalue weighted by Crippen LogP contribution is -2.14. The van der Waals surface area contributed by atoms with Gasteiger partial charge in [-0.05, 0) is 44.0 Å². The van der Waals surface area contributed by atoms with Crippen LogP contribution in [0.15, 0.2) is 30.5 Å². The number of halogens is 1. The maximum atomic E-state index is 12.2. The highest BCUT2D eigenvalue weighted by Crippen LogP contribution is 2.21. The van der Waals surface area contributed by atoms with Gasteiger partial charge >= 0.3 is 0 Å². The molecular formula is C15H15ClN2O. The van der Waals surface area contributed by atoms with Gasteiger partial charge < -0.3 is 5.32 Å². The maximum absolute atomic E-state index is 12.2. The van der Waals surface area contributed by atoms with Crippen molar-refractivity contribution in [2.24, 2.45) is 0 Å². The molecule has 1 aromatic carbocycles. The van der Waals surface area contributed by atoms with E-state index in [-0.39, 0.29) is 5.91 Å². The van der Waals surface area contributed by atoms with E-state index in [1.165, 1.54) is 6.20 Å². The third kappa shape index (κ3) is 2.93. The number of nitrogens with zero attached hydrogens (tertiary/aromatic N) is 1. The minimum atomic E-state index is -0.244. The Morgan fingerprint density at radius 2 is 2.00 bits per heavy atom. The number of amides is 1. The Morgan fingerprint density at radius 3 is 2.68 bits per heavy atom. The van der Waals surface area contributed by atoms with E-state index in [0.717, 1.165) is 22.5 Å². The normalized spacial score (nSPS) is 10.3. The third-order valence-electron chi connectivity index (χ3n) is 3.09. The summed E-state index contributed by atoms with van der Waals surface area (Å²) in [7, 11) is 0. The molecule has 2 aromatic rings. The number of pyridine rings is 1. The first kappa shape index (κ1) is 13.6. The molecule has 0 unspecified atom stereocenters. The number of hydrogen-bond acceptors (Lipinski definition) is 2. The summed E-state index contributed by atoms with van der Waals surface area (Å²) in [5.41, 5.74) is 4.14. The van der Waals surface area contributed by atoms with Crippen LogP contribution in [-0.2, 0) is 0 Å². The van der Waals surface area contributed by atoms with Crippen LogP contribution in [0.5, 0.6) is 0 Å². The Hall–Kier alpha value is -1.87. The van der Waals surface area contributed by atoms with E-state index in [9.17, 15) is 4.79 Å².